The first kappa shape index (κ1) is 15.6. The monoisotopic (exact) mass is 334 g/mol. The molecule has 0 saturated carbocycles. The van der Waals surface area contributed by atoms with Crippen LogP contribution < -0.4 is 4.72 Å². The standard InChI is InChI=1S/C12H19BrN2O2S/c1-3-15(4-2)10-9-14-18(16,17)12-7-5-11(13)6-8-12/h5-8,14H,3-4,9-10H2,1-2H3. The molecule has 1 rings (SSSR count). The van der Waals surface area contributed by atoms with Gasteiger partial charge in [-0.1, -0.05) is 29.8 Å². The summed E-state index contributed by atoms with van der Waals surface area (Å²) in [6.07, 6.45) is 0. The van der Waals surface area contributed by atoms with Crippen LogP contribution in [0, 0.1) is 0 Å². The number of nitrogens with one attached hydrogen (secondary N) is 1. The molecule has 0 aliphatic carbocycles. The minimum Gasteiger partial charge on any atom is -0.303 e. The molecule has 0 unspecified atom stereocenters. The molecule has 0 bridgehead atoms. The van der Waals surface area contributed by atoms with Crippen molar-refractivity contribution >= 4 is 26.0 Å². The van der Waals surface area contributed by atoms with Gasteiger partial charge in [-0.3, -0.25) is 0 Å². The third kappa shape index (κ3) is 4.68. The zero-order valence-corrected chi connectivity index (χ0v) is 13.1. The maximum atomic E-state index is 12.0. The predicted octanol–water partition coefficient (Wildman–Crippen LogP) is 2.07. The van der Waals surface area contributed by atoms with Gasteiger partial charge in [0.05, 0.1) is 4.90 Å². The van der Waals surface area contributed by atoms with E-state index in [1.165, 1.54) is 0 Å². The van der Waals surface area contributed by atoms with Crippen molar-refractivity contribution in [3.63, 3.8) is 0 Å². The van der Waals surface area contributed by atoms with E-state index in [-0.39, 0.29) is 0 Å². The molecule has 0 aliphatic rings. The molecule has 1 aromatic rings. The van der Waals surface area contributed by atoms with Gasteiger partial charge in [0.1, 0.15) is 0 Å². The van der Waals surface area contributed by atoms with Crippen LogP contribution >= 0.6 is 15.9 Å². The first-order valence-electron chi connectivity index (χ1n) is 5.97. The largest absolute Gasteiger partial charge is 0.303 e. The molecule has 0 radical (unpaired) electrons. The number of nitrogens with zero attached hydrogens (tertiary/aromatic N) is 1. The van der Waals surface area contributed by atoms with Crippen molar-refractivity contribution in [2.24, 2.45) is 0 Å². The number of benzene rings is 1. The molecule has 4 nitrogen and oxygen atoms in total. The fourth-order valence-corrected chi connectivity index (χ4v) is 2.86. The number of likely N-dealkylation sites (N-methyl/N-ethyl adjacent to an activating group) is 1. The van der Waals surface area contributed by atoms with Crippen LogP contribution in [0.5, 0.6) is 0 Å². The molecular formula is C12H19BrN2O2S. The highest BCUT2D eigenvalue weighted by atomic mass is 79.9. The zero-order chi connectivity index (χ0) is 13.6. The lowest BCUT2D eigenvalue weighted by atomic mass is 10.4. The summed E-state index contributed by atoms with van der Waals surface area (Å²) in [6, 6.07) is 6.62. The summed E-state index contributed by atoms with van der Waals surface area (Å²) in [4.78, 5) is 2.47. The Morgan fingerprint density at radius 3 is 2.22 bits per heavy atom. The average Bonchev–Trinajstić information content (AvgIpc) is 2.35. The Bertz CT molecular complexity index is 455. The molecule has 1 N–H and O–H groups in total. The molecule has 0 heterocycles. The minimum absolute atomic E-state index is 0.297. The molecule has 0 aliphatic heterocycles. The van der Waals surface area contributed by atoms with Gasteiger partial charge in [0.2, 0.25) is 10.0 Å². The SMILES string of the molecule is CCN(CC)CCNS(=O)(=O)c1ccc(Br)cc1. The summed E-state index contributed by atoms with van der Waals surface area (Å²) in [7, 11) is -3.39. The second-order valence-electron chi connectivity index (χ2n) is 3.88. The van der Waals surface area contributed by atoms with Crippen molar-refractivity contribution < 1.29 is 8.42 Å². The highest BCUT2D eigenvalue weighted by Crippen LogP contribution is 2.14. The van der Waals surface area contributed by atoms with Crippen LogP contribution in [0.4, 0.5) is 0 Å². The summed E-state index contributed by atoms with van der Waals surface area (Å²) in [6.45, 7) is 7.13. The Morgan fingerprint density at radius 2 is 1.72 bits per heavy atom. The molecule has 0 atom stereocenters. The molecule has 0 fully saturated rings. The van der Waals surface area contributed by atoms with Crippen molar-refractivity contribution in [1.82, 2.24) is 9.62 Å². The lowest BCUT2D eigenvalue weighted by molar-refractivity contribution is 0.309. The maximum absolute atomic E-state index is 12.0. The fraction of sp³-hybridized carbons (Fsp3) is 0.500. The van der Waals surface area contributed by atoms with Crippen LogP contribution in [0.3, 0.4) is 0 Å². The summed E-state index contributed by atoms with van der Waals surface area (Å²) in [5, 5.41) is 0. The third-order valence-corrected chi connectivity index (χ3v) is 4.74. The molecule has 0 amide bonds. The Kier molecular flexibility index (Phi) is 6.28. The molecule has 6 heteroatoms. The first-order chi connectivity index (χ1) is 8.49. The molecule has 0 spiro atoms. The van der Waals surface area contributed by atoms with Crippen LogP contribution in [0.2, 0.25) is 0 Å². The van der Waals surface area contributed by atoms with E-state index in [0.717, 1.165) is 24.1 Å². The van der Waals surface area contributed by atoms with E-state index in [0.29, 0.717) is 11.4 Å². The molecule has 0 saturated heterocycles. The molecule has 102 valence electrons. The van der Waals surface area contributed by atoms with E-state index < -0.39 is 10.0 Å². The van der Waals surface area contributed by atoms with E-state index >= 15 is 0 Å². The predicted molar refractivity (Wildman–Crippen MR) is 77.1 cm³/mol. The molecular weight excluding hydrogens is 316 g/mol. The van der Waals surface area contributed by atoms with Gasteiger partial charge in [-0.25, -0.2) is 13.1 Å². The summed E-state index contributed by atoms with van der Waals surface area (Å²) in [5.74, 6) is 0. The Hall–Kier alpha value is -0.430. The number of sulfonamides is 1. The zero-order valence-electron chi connectivity index (χ0n) is 10.7. The van der Waals surface area contributed by atoms with E-state index in [2.05, 4.69) is 39.4 Å². The van der Waals surface area contributed by atoms with E-state index in [9.17, 15) is 8.42 Å². The Balaban J connectivity index is 2.57. The van der Waals surface area contributed by atoms with Crippen LogP contribution in [0.15, 0.2) is 33.6 Å². The van der Waals surface area contributed by atoms with Gasteiger partial charge in [-0.2, -0.15) is 0 Å². The van der Waals surface area contributed by atoms with Crippen molar-refractivity contribution in [3.8, 4) is 0 Å². The van der Waals surface area contributed by atoms with E-state index in [1.807, 2.05) is 0 Å². The van der Waals surface area contributed by atoms with Gasteiger partial charge < -0.3 is 4.90 Å². The van der Waals surface area contributed by atoms with Gasteiger partial charge in [0.15, 0.2) is 0 Å². The number of rotatable bonds is 7. The lowest BCUT2D eigenvalue weighted by Gasteiger charge is -2.17. The minimum atomic E-state index is -3.39. The lowest BCUT2D eigenvalue weighted by Crippen LogP contribution is -2.34. The van der Waals surface area contributed by atoms with Crippen LogP contribution in [-0.2, 0) is 10.0 Å². The first-order valence-corrected chi connectivity index (χ1v) is 8.24. The topological polar surface area (TPSA) is 49.4 Å². The smallest absolute Gasteiger partial charge is 0.240 e. The Morgan fingerprint density at radius 1 is 1.17 bits per heavy atom. The fourth-order valence-electron chi connectivity index (χ4n) is 1.58. The second-order valence-corrected chi connectivity index (χ2v) is 6.56. The second kappa shape index (κ2) is 7.23. The van der Waals surface area contributed by atoms with E-state index in [4.69, 9.17) is 0 Å². The van der Waals surface area contributed by atoms with Gasteiger partial charge in [0.25, 0.3) is 0 Å². The summed E-state index contributed by atoms with van der Waals surface area (Å²) in [5.41, 5.74) is 0. The van der Waals surface area contributed by atoms with Gasteiger partial charge in [0, 0.05) is 17.6 Å². The van der Waals surface area contributed by atoms with Crippen LogP contribution in [0.1, 0.15) is 13.8 Å². The number of hydrogen-bond donors (Lipinski definition) is 1. The van der Waals surface area contributed by atoms with Crippen molar-refractivity contribution in [2.45, 2.75) is 18.7 Å². The third-order valence-electron chi connectivity index (χ3n) is 2.74. The highest BCUT2D eigenvalue weighted by Gasteiger charge is 2.13. The maximum Gasteiger partial charge on any atom is 0.240 e. The van der Waals surface area contributed by atoms with Gasteiger partial charge >= 0.3 is 0 Å². The van der Waals surface area contributed by atoms with Crippen LogP contribution in [0.25, 0.3) is 0 Å². The molecule has 18 heavy (non-hydrogen) atoms. The van der Waals surface area contributed by atoms with E-state index in [1.54, 1.807) is 24.3 Å². The number of hydrogen-bond acceptors (Lipinski definition) is 3. The normalized spacial score (nSPS) is 12.0. The Labute approximate surface area is 118 Å². The average molecular weight is 335 g/mol. The molecule has 0 aromatic heterocycles. The molecule has 1 aromatic carbocycles. The van der Waals surface area contributed by atoms with Crippen LogP contribution in [-0.4, -0.2) is 39.5 Å². The highest BCUT2D eigenvalue weighted by molar-refractivity contribution is 9.10. The van der Waals surface area contributed by atoms with Crippen molar-refractivity contribution in [1.29, 1.82) is 0 Å². The summed E-state index contributed by atoms with van der Waals surface area (Å²) < 4.78 is 27.4. The summed E-state index contributed by atoms with van der Waals surface area (Å²) >= 11 is 3.28. The van der Waals surface area contributed by atoms with Crippen molar-refractivity contribution in [3.05, 3.63) is 28.7 Å². The quantitative estimate of drug-likeness (QED) is 0.830. The number of halogens is 1. The van der Waals surface area contributed by atoms with Crippen molar-refractivity contribution in [2.75, 3.05) is 26.2 Å². The van der Waals surface area contributed by atoms with Gasteiger partial charge in [-0.05, 0) is 37.4 Å². The van der Waals surface area contributed by atoms with Gasteiger partial charge in [-0.15, -0.1) is 0 Å².